The van der Waals surface area contributed by atoms with Gasteiger partial charge in [-0.15, -0.1) is 0 Å². The van der Waals surface area contributed by atoms with E-state index in [4.69, 9.17) is 27.9 Å². The zero-order valence-electron chi connectivity index (χ0n) is 12.2. The molecule has 0 spiro atoms. The quantitative estimate of drug-likeness (QED) is 0.901. The number of carbonyl (C=O) groups is 2. The predicted octanol–water partition coefficient (Wildman–Crippen LogP) is 3.50. The summed E-state index contributed by atoms with van der Waals surface area (Å²) < 4.78 is 18.4. The van der Waals surface area contributed by atoms with Crippen LogP contribution in [0.5, 0.6) is 5.75 Å². The van der Waals surface area contributed by atoms with Crippen molar-refractivity contribution in [2.75, 3.05) is 23.4 Å². The number of ether oxygens (including phenoxy) is 1. The van der Waals surface area contributed by atoms with Crippen LogP contribution in [0.25, 0.3) is 0 Å². The van der Waals surface area contributed by atoms with E-state index in [1.54, 1.807) is 18.2 Å². The van der Waals surface area contributed by atoms with Crippen molar-refractivity contribution in [2.45, 2.75) is 0 Å². The summed E-state index contributed by atoms with van der Waals surface area (Å²) in [7, 11) is 0. The molecule has 1 N–H and O–H groups in total. The third kappa shape index (κ3) is 3.44. The van der Waals surface area contributed by atoms with E-state index >= 15 is 0 Å². The molecule has 0 saturated carbocycles. The van der Waals surface area contributed by atoms with E-state index in [-0.39, 0.29) is 24.1 Å². The molecule has 2 aromatic rings. The second kappa shape index (κ2) is 6.67. The zero-order chi connectivity index (χ0) is 17.3. The Labute approximate surface area is 146 Å². The fourth-order valence-corrected chi connectivity index (χ4v) is 2.61. The molecule has 2 aromatic carbocycles. The van der Waals surface area contributed by atoms with Crippen LogP contribution in [0.1, 0.15) is 0 Å². The summed E-state index contributed by atoms with van der Waals surface area (Å²) in [5.74, 6) is -0.950. The van der Waals surface area contributed by atoms with Crippen LogP contribution in [0.2, 0.25) is 10.0 Å². The monoisotopic (exact) mass is 368 g/mol. The van der Waals surface area contributed by atoms with Crippen LogP contribution in [-0.2, 0) is 9.59 Å². The summed E-state index contributed by atoms with van der Waals surface area (Å²) in [5, 5.41) is 2.93. The van der Waals surface area contributed by atoms with Gasteiger partial charge in [-0.3, -0.25) is 14.5 Å². The summed E-state index contributed by atoms with van der Waals surface area (Å²) in [6.45, 7) is -0.394. The summed E-state index contributed by atoms with van der Waals surface area (Å²) in [6.07, 6.45) is 0. The minimum atomic E-state index is -0.580. The summed E-state index contributed by atoms with van der Waals surface area (Å²) in [4.78, 5) is 25.5. The first-order valence-electron chi connectivity index (χ1n) is 6.91. The molecule has 1 aliphatic rings. The number of fused-ring (bicyclic) bond motifs is 1. The number of anilines is 2. The lowest BCUT2D eigenvalue weighted by Gasteiger charge is -2.28. The highest BCUT2D eigenvalue weighted by molar-refractivity contribution is 6.31. The van der Waals surface area contributed by atoms with E-state index in [0.29, 0.717) is 22.1 Å². The summed E-state index contributed by atoms with van der Waals surface area (Å²) >= 11 is 11.6. The number of benzene rings is 2. The molecule has 8 heteroatoms. The Kier molecular flexibility index (Phi) is 4.59. The molecule has 0 saturated heterocycles. The van der Waals surface area contributed by atoms with Gasteiger partial charge in [0, 0.05) is 16.8 Å². The van der Waals surface area contributed by atoms with Gasteiger partial charge in [0.2, 0.25) is 5.91 Å². The van der Waals surface area contributed by atoms with Crippen molar-refractivity contribution in [3.63, 3.8) is 0 Å². The van der Waals surface area contributed by atoms with Crippen molar-refractivity contribution in [1.82, 2.24) is 0 Å². The van der Waals surface area contributed by atoms with Gasteiger partial charge < -0.3 is 10.1 Å². The predicted molar refractivity (Wildman–Crippen MR) is 89.3 cm³/mol. The number of rotatable bonds is 3. The Hall–Kier alpha value is -2.31. The Bertz CT molecular complexity index is 829. The first-order valence-corrected chi connectivity index (χ1v) is 7.67. The maximum absolute atomic E-state index is 13.1. The molecular formula is C16H11Cl2FN2O3. The van der Waals surface area contributed by atoms with Crippen LogP contribution in [-0.4, -0.2) is 25.0 Å². The highest BCUT2D eigenvalue weighted by Gasteiger charge is 2.27. The molecule has 0 bridgehead atoms. The molecule has 1 aliphatic heterocycles. The van der Waals surface area contributed by atoms with Crippen LogP contribution >= 0.6 is 23.2 Å². The molecule has 5 nitrogen and oxygen atoms in total. The summed E-state index contributed by atoms with van der Waals surface area (Å²) in [6, 6.07) is 8.62. The smallest absolute Gasteiger partial charge is 0.265 e. The third-order valence-electron chi connectivity index (χ3n) is 3.37. The second-order valence-electron chi connectivity index (χ2n) is 5.06. The average Bonchev–Trinajstić information content (AvgIpc) is 2.53. The van der Waals surface area contributed by atoms with Crippen molar-refractivity contribution < 1.29 is 18.7 Å². The van der Waals surface area contributed by atoms with Crippen molar-refractivity contribution in [1.29, 1.82) is 0 Å². The molecule has 0 atom stereocenters. The molecule has 0 fully saturated rings. The van der Waals surface area contributed by atoms with Gasteiger partial charge >= 0.3 is 0 Å². The van der Waals surface area contributed by atoms with Gasteiger partial charge in [0.15, 0.2) is 6.61 Å². The van der Waals surface area contributed by atoms with Crippen LogP contribution in [0.3, 0.4) is 0 Å². The Morgan fingerprint density at radius 2 is 2.04 bits per heavy atom. The molecule has 0 aliphatic carbocycles. The van der Waals surface area contributed by atoms with Gasteiger partial charge in [-0.2, -0.15) is 0 Å². The second-order valence-corrected chi connectivity index (χ2v) is 5.90. The van der Waals surface area contributed by atoms with E-state index < -0.39 is 11.7 Å². The minimum Gasteiger partial charge on any atom is -0.482 e. The first-order chi connectivity index (χ1) is 11.4. The Morgan fingerprint density at radius 3 is 2.79 bits per heavy atom. The molecule has 124 valence electrons. The largest absolute Gasteiger partial charge is 0.482 e. The first kappa shape index (κ1) is 16.5. The molecule has 1 heterocycles. The van der Waals surface area contributed by atoms with E-state index in [2.05, 4.69) is 5.32 Å². The number of nitrogens with one attached hydrogen (secondary N) is 1. The maximum Gasteiger partial charge on any atom is 0.265 e. The van der Waals surface area contributed by atoms with Crippen molar-refractivity contribution in [3.8, 4) is 5.75 Å². The highest BCUT2D eigenvalue weighted by Crippen LogP contribution is 2.34. The van der Waals surface area contributed by atoms with Crippen LogP contribution in [0.4, 0.5) is 15.8 Å². The minimum absolute atomic E-state index is 0.102. The van der Waals surface area contributed by atoms with Crippen LogP contribution in [0.15, 0.2) is 36.4 Å². The third-order valence-corrected chi connectivity index (χ3v) is 3.89. The fraction of sp³-hybridized carbons (Fsp3) is 0.125. The van der Waals surface area contributed by atoms with Crippen LogP contribution in [0, 0.1) is 5.82 Å². The van der Waals surface area contributed by atoms with E-state index in [1.165, 1.54) is 17.0 Å². The number of nitrogens with zero attached hydrogens (tertiary/aromatic N) is 1. The van der Waals surface area contributed by atoms with Crippen molar-refractivity contribution in [3.05, 3.63) is 52.3 Å². The Morgan fingerprint density at radius 1 is 1.25 bits per heavy atom. The van der Waals surface area contributed by atoms with E-state index in [1.807, 2.05) is 0 Å². The van der Waals surface area contributed by atoms with Crippen LogP contribution < -0.4 is 15.0 Å². The lowest BCUT2D eigenvalue weighted by Crippen LogP contribution is -2.43. The average molecular weight is 369 g/mol. The van der Waals surface area contributed by atoms with E-state index in [0.717, 1.165) is 6.07 Å². The lowest BCUT2D eigenvalue weighted by atomic mass is 10.2. The van der Waals surface area contributed by atoms with Crippen molar-refractivity contribution in [2.24, 2.45) is 0 Å². The SMILES string of the molecule is O=C(CN1C(=O)COc2cc(Cl)ccc21)Nc1ccc(F)c(Cl)c1. The molecule has 3 rings (SSSR count). The maximum atomic E-state index is 13.1. The van der Waals surface area contributed by atoms with Gasteiger partial charge in [-0.25, -0.2) is 4.39 Å². The zero-order valence-corrected chi connectivity index (χ0v) is 13.7. The molecular weight excluding hydrogens is 358 g/mol. The lowest BCUT2D eigenvalue weighted by molar-refractivity contribution is -0.123. The Balaban J connectivity index is 1.76. The standard InChI is InChI=1S/C16H11Cl2FN2O3/c17-9-1-4-13-14(5-9)24-8-16(23)21(13)7-15(22)20-10-2-3-12(19)11(18)6-10/h1-6H,7-8H2,(H,20,22). The topological polar surface area (TPSA) is 58.6 Å². The fourth-order valence-electron chi connectivity index (χ4n) is 2.27. The van der Waals surface area contributed by atoms with Gasteiger partial charge in [0.1, 0.15) is 18.1 Å². The number of carbonyl (C=O) groups excluding carboxylic acids is 2. The van der Waals surface area contributed by atoms with Gasteiger partial charge in [0.05, 0.1) is 10.7 Å². The van der Waals surface area contributed by atoms with Gasteiger partial charge in [0.25, 0.3) is 5.91 Å². The molecule has 2 amide bonds. The van der Waals surface area contributed by atoms with E-state index in [9.17, 15) is 14.0 Å². The number of hydrogen-bond donors (Lipinski definition) is 1. The van der Waals surface area contributed by atoms with Crippen molar-refractivity contribution >= 4 is 46.4 Å². The van der Waals surface area contributed by atoms with Gasteiger partial charge in [-0.1, -0.05) is 23.2 Å². The molecule has 0 unspecified atom stereocenters. The molecule has 0 aromatic heterocycles. The highest BCUT2D eigenvalue weighted by atomic mass is 35.5. The number of halogens is 3. The molecule has 0 radical (unpaired) electrons. The molecule has 24 heavy (non-hydrogen) atoms. The summed E-state index contributed by atoms with van der Waals surface area (Å²) in [5.41, 5.74) is 0.798. The number of hydrogen-bond acceptors (Lipinski definition) is 3. The normalized spacial score (nSPS) is 13.3. The van der Waals surface area contributed by atoms with Gasteiger partial charge in [-0.05, 0) is 30.3 Å². The number of amides is 2.